The van der Waals surface area contributed by atoms with Gasteiger partial charge in [0.25, 0.3) is 0 Å². The SMILES string of the molecule is CCC/C=C1/C(=O)OC(=O)C1=C(c1ccccc1)c1ccccc1. The normalized spacial score (nSPS) is 15.7. The Kier molecular flexibility index (Phi) is 4.71. The molecule has 1 heterocycles. The summed E-state index contributed by atoms with van der Waals surface area (Å²) in [5.41, 5.74) is 3.21. The molecule has 0 unspecified atom stereocenters. The predicted octanol–water partition coefficient (Wildman–Crippen LogP) is 4.30. The molecule has 1 saturated heterocycles. The minimum Gasteiger partial charge on any atom is -0.386 e. The summed E-state index contributed by atoms with van der Waals surface area (Å²) in [5.74, 6) is -1.14. The molecular weight excluding hydrogens is 300 g/mol. The number of rotatable bonds is 4. The van der Waals surface area contributed by atoms with Crippen LogP contribution in [0.25, 0.3) is 5.57 Å². The zero-order chi connectivity index (χ0) is 16.9. The maximum atomic E-state index is 12.4. The molecule has 0 bridgehead atoms. The van der Waals surface area contributed by atoms with E-state index in [1.165, 1.54) is 0 Å². The van der Waals surface area contributed by atoms with Gasteiger partial charge in [-0.2, -0.15) is 0 Å². The van der Waals surface area contributed by atoms with Gasteiger partial charge in [-0.15, -0.1) is 0 Å². The van der Waals surface area contributed by atoms with Gasteiger partial charge in [-0.3, -0.25) is 0 Å². The van der Waals surface area contributed by atoms with Crippen molar-refractivity contribution in [2.24, 2.45) is 0 Å². The van der Waals surface area contributed by atoms with E-state index in [4.69, 9.17) is 4.74 Å². The van der Waals surface area contributed by atoms with Gasteiger partial charge in [-0.25, -0.2) is 9.59 Å². The third-order valence-corrected chi connectivity index (χ3v) is 3.89. The zero-order valence-corrected chi connectivity index (χ0v) is 13.5. The smallest absolute Gasteiger partial charge is 0.347 e. The van der Waals surface area contributed by atoms with Crippen LogP contribution in [0, 0.1) is 0 Å². The van der Waals surface area contributed by atoms with E-state index in [0.717, 1.165) is 29.5 Å². The Bertz CT molecular complexity index is 773. The Morgan fingerprint density at radius 1 is 0.875 bits per heavy atom. The summed E-state index contributed by atoms with van der Waals surface area (Å²) in [4.78, 5) is 24.5. The van der Waals surface area contributed by atoms with Gasteiger partial charge in [-0.05, 0) is 17.5 Å². The van der Waals surface area contributed by atoms with Crippen LogP contribution in [0.15, 0.2) is 77.9 Å². The molecule has 0 atom stereocenters. The van der Waals surface area contributed by atoms with Crippen LogP contribution in [0.1, 0.15) is 30.9 Å². The average molecular weight is 318 g/mol. The molecule has 2 aromatic rings. The van der Waals surface area contributed by atoms with Crippen molar-refractivity contribution in [1.82, 2.24) is 0 Å². The summed E-state index contributed by atoms with van der Waals surface area (Å²) in [6.45, 7) is 2.03. The second kappa shape index (κ2) is 7.09. The van der Waals surface area contributed by atoms with Gasteiger partial charge in [-0.1, -0.05) is 80.1 Å². The Hall–Kier alpha value is -2.94. The standard InChI is InChI=1S/C21H18O3/c1-2-3-14-17-19(21(23)24-20(17)22)18(15-10-6-4-7-11-15)16-12-8-5-9-13-16/h4-14H,2-3H2,1H3/b17-14+. The van der Waals surface area contributed by atoms with E-state index in [1.807, 2.05) is 67.6 Å². The average Bonchev–Trinajstić information content (AvgIpc) is 2.89. The Labute approximate surface area is 141 Å². The predicted molar refractivity (Wildman–Crippen MR) is 93.0 cm³/mol. The molecule has 0 saturated carbocycles. The van der Waals surface area contributed by atoms with Crippen molar-refractivity contribution < 1.29 is 14.3 Å². The molecule has 3 rings (SSSR count). The maximum absolute atomic E-state index is 12.4. The first-order valence-electron chi connectivity index (χ1n) is 8.04. The van der Waals surface area contributed by atoms with Gasteiger partial charge in [0.2, 0.25) is 0 Å². The quantitative estimate of drug-likeness (QED) is 0.479. The Morgan fingerprint density at radius 2 is 1.42 bits per heavy atom. The molecule has 1 fully saturated rings. The summed E-state index contributed by atoms with van der Waals surface area (Å²) in [7, 11) is 0. The molecule has 24 heavy (non-hydrogen) atoms. The lowest BCUT2D eigenvalue weighted by Crippen LogP contribution is -2.02. The Balaban J connectivity index is 2.28. The van der Waals surface area contributed by atoms with Crippen molar-refractivity contribution in [1.29, 1.82) is 0 Å². The first kappa shape index (κ1) is 15.9. The molecule has 3 nitrogen and oxygen atoms in total. The van der Waals surface area contributed by atoms with Gasteiger partial charge < -0.3 is 4.74 Å². The third-order valence-electron chi connectivity index (χ3n) is 3.89. The molecule has 120 valence electrons. The lowest BCUT2D eigenvalue weighted by molar-refractivity contribution is -0.149. The van der Waals surface area contributed by atoms with Crippen molar-refractivity contribution in [3.05, 3.63) is 89.0 Å². The number of hydrogen-bond donors (Lipinski definition) is 0. The van der Waals surface area contributed by atoms with Crippen molar-refractivity contribution >= 4 is 17.5 Å². The van der Waals surface area contributed by atoms with Crippen LogP contribution in [0.2, 0.25) is 0 Å². The van der Waals surface area contributed by atoms with E-state index < -0.39 is 11.9 Å². The van der Waals surface area contributed by atoms with Gasteiger partial charge in [0, 0.05) is 5.57 Å². The number of allylic oxidation sites excluding steroid dienone is 1. The van der Waals surface area contributed by atoms with Gasteiger partial charge in [0.1, 0.15) is 0 Å². The minimum absolute atomic E-state index is 0.353. The van der Waals surface area contributed by atoms with Gasteiger partial charge in [0.15, 0.2) is 0 Å². The summed E-state index contributed by atoms with van der Waals surface area (Å²) in [6, 6.07) is 19.2. The first-order chi connectivity index (χ1) is 11.7. The molecule has 1 aliphatic rings. The minimum atomic E-state index is -0.579. The number of unbranched alkanes of at least 4 members (excludes halogenated alkanes) is 1. The topological polar surface area (TPSA) is 43.4 Å². The fraction of sp³-hybridized carbons (Fsp3) is 0.143. The number of carbonyl (C=O) groups excluding carboxylic acids is 2. The van der Waals surface area contributed by atoms with Crippen molar-refractivity contribution in [2.45, 2.75) is 19.8 Å². The lowest BCUT2D eigenvalue weighted by Gasteiger charge is -2.11. The molecule has 1 aliphatic heterocycles. The fourth-order valence-corrected chi connectivity index (χ4v) is 2.78. The molecule has 0 amide bonds. The van der Waals surface area contributed by atoms with Gasteiger partial charge >= 0.3 is 11.9 Å². The number of benzene rings is 2. The van der Waals surface area contributed by atoms with Crippen LogP contribution in [0.3, 0.4) is 0 Å². The second-order valence-electron chi connectivity index (χ2n) is 5.57. The summed E-state index contributed by atoms with van der Waals surface area (Å²) in [5, 5.41) is 0. The van der Waals surface area contributed by atoms with Crippen molar-refractivity contribution in [2.75, 3.05) is 0 Å². The third kappa shape index (κ3) is 3.06. The molecule has 0 N–H and O–H groups in total. The summed E-state index contributed by atoms with van der Waals surface area (Å²) >= 11 is 0. The molecule has 0 radical (unpaired) electrons. The summed E-state index contributed by atoms with van der Waals surface area (Å²) < 4.78 is 4.90. The molecule has 3 heteroatoms. The van der Waals surface area contributed by atoms with E-state index in [1.54, 1.807) is 6.08 Å². The molecular formula is C21H18O3. The highest BCUT2D eigenvalue weighted by molar-refractivity contribution is 6.23. The molecule has 0 aliphatic carbocycles. The first-order valence-corrected chi connectivity index (χ1v) is 8.04. The van der Waals surface area contributed by atoms with Crippen LogP contribution >= 0.6 is 0 Å². The lowest BCUT2D eigenvalue weighted by atomic mass is 9.90. The van der Waals surface area contributed by atoms with E-state index in [2.05, 4.69) is 0 Å². The van der Waals surface area contributed by atoms with Crippen LogP contribution < -0.4 is 0 Å². The highest BCUT2D eigenvalue weighted by atomic mass is 16.6. The van der Waals surface area contributed by atoms with Crippen LogP contribution in [0.4, 0.5) is 0 Å². The van der Waals surface area contributed by atoms with E-state index in [0.29, 0.717) is 11.1 Å². The van der Waals surface area contributed by atoms with E-state index in [-0.39, 0.29) is 0 Å². The number of esters is 2. The second-order valence-corrected chi connectivity index (χ2v) is 5.57. The van der Waals surface area contributed by atoms with E-state index >= 15 is 0 Å². The van der Waals surface area contributed by atoms with Crippen LogP contribution in [-0.2, 0) is 14.3 Å². The largest absolute Gasteiger partial charge is 0.386 e. The molecule has 0 aromatic heterocycles. The zero-order valence-electron chi connectivity index (χ0n) is 13.5. The van der Waals surface area contributed by atoms with Gasteiger partial charge in [0.05, 0.1) is 11.1 Å². The number of carbonyl (C=O) groups is 2. The van der Waals surface area contributed by atoms with Crippen molar-refractivity contribution in [3.8, 4) is 0 Å². The highest BCUT2D eigenvalue weighted by Crippen LogP contribution is 2.35. The number of ether oxygens (including phenoxy) is 1. The van der Waals surface area contributed by atoms with Crippen LogP contribution in [0.5, 0.6) is 0 Å². The van der Waals surface area contributed by atoms with E-state index in [9.17, 15) is 9.59 Å². The Morgan fingerprint density at radius 3 is 1.92 bits per heavy atom. The van der Waals surface area contributed by atoms with Crippen LogP contribution in [-0.4, -0.2) is 11.9 Å². The number of hydrogen-bond acceptors (Lipinski definition) is 3. The monoisotopic (exact) mass is 318 g/mol. The molecule has 0 spiro atoms. The highest BCUT2D eigenvalue weighted by Gasteiger charge is 2.36. The van der Waals surface area contributed by atoms with Crippen molar-refractivity contribution in [3.63, 3.8) is 0 Å². The maximum Gasteiger partial charge on any atom is 0.347 e. The molecule has 2 aromatic carbocycles. The fourth-order valence-electron chi connectivity index (χ4n) is 2.78. The summed E-state index contributed by atoms with van der Waals surface area (Å²) in [6.07, 6.45) is 3.41. The number of cyclic esters (lactones) is 2.